The summed E-state index contributed by atoms with van der Waals surface area (Å²) < 4.78 is 53.5. The van der Waals surface area contributed by atoms with E-state index in [4.69, 9.17) is 0 Å². The molecule has 146 valence electrons. The number of halogens is 3. The summed E-state index contributed by atoms with van der Waals surface area (Å²) in [6, 6.07) is 2.53. The predicted molar refractivity (Wildman–Crippen MR) is 98.9 cm³/mol. The number of benzene rings is 1. The van der Waals surface area contributed by atoms with Crippen LogP contribution in [0.4, 0.5) is 13.2 Å². The number of hydrogen-bond donors (Lipinski definition) is 1. The van der Waals surface area contributed by atoms with Crippen LogP contribution in [0.5, 0.6) is 0 Å². The van der Waals surface area contributed by atoms with E-state index in [0.717, 1.165) is 31.7 Å². The van der Waals surface area contributed by atoms with E-state index in [-0.39, 0.29) is 16.2 Å². The predicted octanol–water partition coefficient (Wildman–Crippen LogP) is 4.34. The highest BCUT2D eigenvalue weighted by atomic mass is 32.2. The van der Waals surface area contributed by atoms with E-state index in [0.29, 0.717) is 36.2 Å². The monoisotopic (exact) mass is 387 g/mol. The van der Waals surface area contributed by atoms with Gasteiger partial charge >= 0.3 is 0 Å². The van der Waals surface area contributed by atoms with Crippen molar-refractivity contribution in [1.29, 1.82) is 0 Å². The van der Waals surface area contributed by atoms with E-state index in [2.05, 4.69) is 5.32 Å². The highest BCUT2D eigenvalue weighted by Gasteiger charge is 2.38. The average Bonchev–Trinajstić information content (AvgIpc) is 2.88. The second-order valence-corrected chi connectivity index (χ2v) is 11.1. The molecule has 1 unspecified atom stereocenters. The summed E-state index contributed by atoms with van der Waals surface area (Å²) in [5.41, 5.74) is 0.186. The van der Waals surface area contributed by atoms with Crippen LogP contribution in [0, 0.1) is 29.3 Å². The standard InChI is InChI=1S/C20H28F3NOS/c1-20(2,3)26(25)11-14(12-7-15-4-5-16(8-12)24-15)6-13-9-18(22)19(23)10-17(13)21/h9-10,12,14-16,24H,4-8,11H2,1-3H3/t12?,14-,15-,16+,26-/m1/s1. The van der Waals surface area contributed by atoms with Gasteiger partial charge in [-0.15, -0.1) is 0 Å². The molecule has 2 saturated heterocycles. The van der Waals surface area contributed by atoms with E-state index >= 15 is 0 Å². The van der Waals surface area contributed by atoms with Gasteiger partial charge in [0.15, 0.2) is 11.6 Å². The summed E-state index contributed by atoms with van der Waals surface area (Å²) in [4.78, 5) is 0. The maximum atomic E-state index is 14.2. The average molecular weight is 388 g/mol. The van der Waals surface area contributed by atoms with Crippen LogP contribution in [-0.4, -0.2) is 26.8 Å². The molecule has 0 radical (unpaired) electrons. The lowest BCUT2D eigenvalue weighted by Crippen LogP contribution is -2.42. The Hall–Kier alpha value is -0.880. The van der Waals surface area contributed by atoms with Crippen LogP contribution in [0.1, 0.15) is 52.0 Å². The van der Waals surface area contributed by atoms with Crippen LogP contribution in [0.2, 0.25) is 0 Å². The molecule has 1 aromatic carbocycles. The van der Waals surface area contributed by atoms with Gasteiger partial charge in [-0.3, -0.25) is 4.21 Å². The minimum Gasteiger partial charge on any atom is -0.311 e. The Kier molecular flexibility index (Phi) is 5.83. The van der Waals surface area contributed by atoms with Crippen molar-refractivity contribution >= 4 is 10.8 Å². The van der Waals surface area contributed by atoms with E-state index in [1.165, 1.54) is 0 Å². The molecule has 2 bridgehead atoms. The molecule has 3 rings (SSSR count). The number of piperidine rings is 1. The number of nitrogens with one attached hydrogen (secondary N) is 1. The summed E-state index contributed by atoms with van der Waals surface area (Å²) in [5, 5.41) is 3.59. The van der Waals surface area contributed by atoms with Gasteiger partial charge in [-0.25, -0.2) is 13.2 Å². The van der Waals surface area contributed by atoms with E-state index in [9.17, 15) is 17.4 Å². The van der Waals surface area contributed by atoms with Gasteiger partial charge < -0.3 is 5.32 Å². The molecule has 2 aliphatic heterocycles. The lowest BCUT2D eigenvalue weighted by molar-refractivity contribution is 0.228. The number of hydrogen-bond acceptors (Lipinski definition) is 2. The molecule has 0 spiro atoms. The third-order valence-corrected chi connectivity index (χ3v) is 7.89. The second-order valence-electron chi connectivity index (χ2n) is 8.82. The summed E-state index contributed by atoms with van der Waals surface area (Å²) >= 11 is 0. The first kappa shape index (κ1) is 19.9. The third kappa shape index (κ3) is 4.50. The van der Waals surface area contributed by atoms with Crippen molar-refractivity contribution in [3.05, 3.63) is 35.1 Å². The lowest BCUT2D eigenvalue weighted by Gasteiger charge is -2.36. The van der Waals surface area contributed by atoms with Crippen molar-refractivity contribution < 1.29 is 17.4 Å². The Labute approximate surface area is 156 Å². The van der Waals surface area contributed by atoms with Crippen LogP contribution in [-0.2, 0) is 17.2 Å². The fraction of sp³-hybridized carbons (Fsp3) is 0.700. The first-order valence-electron chi connectivity index (χ1n) is 9.41. The normalized spacial score (nSPS) is 28.2. The SMILES string of the molecule is CC(C)(C)[S@](=O)C[C@@H](Cc1cc(F)c(F)cc1F)C1C[C@H]2CC[C@@H](C1)N2. The smallest absolute Gasteiger partial charge is 0.161 e. The molecule has 0 aromatic heterocycles. The Morgan fingerprint density at radius 1 is 1.08 bits per heavy atom. The largest absolute Gasteiger partial charge is 0.311 e. The summed E-state index contributed by atoms with van der Waals surface area (Å²) in [6.07, 6.45) is 4.56. The minimum atomic E-state index is -1.17. The van der Waals surface area contributed by atoms with Gasteiger partial charge in [0, 0.05) is 39.4 Å². The number of fused-ring (bicyclic) bond motifs is 2. The second kappa shape index (κ2) is 7.63. The molecule has 0 amide bonds. The van der Waals surface area contributed by atoms with Crippen molar-refractivity contribution in [1.82, 2.24) is 5.32 Å². The molecule has 2 nitrogen and oxygen atoms in total. The van der Waals surface area contributed by atoms with Gasteiger partial charge in [0.2, 0.25) is 0 Å². The Balaban J connectivity index is 1.83. The van der Waals surface area contributed by atoms with Crippen molar-refractivity contribution in [3.63, 3.8) is 0 Å². The highest BCUT2D eigenvalue weighted by molar-refractivity contribution is 7.86. The zero-order valence-corrected chi connectivity index (χ0v) is 16.5. The quantitative estimate of drug-likeness (QED) is 0.762. The van der Waals surface area contributed by atoms with Crippen LogP contribution in [0.25, 0.3) is 0 Å². The molecule has 26 heavy (non-hydrogen) atoms. The van der Waals surface area contributed by atoms with Crippen molar-refractivity contribution in [2.45, 2.75) is 69.7 Å². The Bertz CT molecular complexity index is 676. The molecule has 2 aliphatic rings. The van der Waals surface area contributed by atoms with Crippen molar-refractivity contribution in [2.75, 3.05) is 5.75 Å². The highest BCUT2D eigenvalue weighted by Crippen LogP contribution is 2.37. The first-order chi connectivity index (χ1) is 12.1. The van der Waals surface area contributed by atoms with Crippen molar-refractivity contribution in [2.24, 2.45) is 11.8 Å². The van der Waals surface area contributed by atoms with Crippen LogP contribution in [0.15, 0.2) is 12.1 Å². The van der Waals surface area contributed by atoms with Crippen LogP contribution in [0.3, 0.4) is 0 Å². The Morgan fingerprint density at radius 3 is 2.23 bits per heavy atom. The molecule has 0 saturated carbocycles. The fourth-order valence-corrected chi connectivity index (χ4v) is 5.57. The molecular formula is C20H28F3NOS. The molecule has 0 aliphatic carbocycles. The van der Waals surface area contributed by atoms with Gasteiger partial charge in [0.05, 0.1) is 0 Å². The minimum absolute atomic E-state index is 0.000352. The Morgan fingerprint density at radius 2 is 1.65 bits per heavy atom. The van der Waals surface area contributed by atoms with Gasteiger partial charge in [0.25, 0.3) is 0 Å². The summed E-state index contributed by atoms with van der Waals surface area (Å²) in [6.45, 7) is 5.80. The molecule has 5 atom stereocenters. The van der Waals surface area contributed by atoms with E-state index in [1.54, 1.807) is 0 Å². The molecule has 1 N–H and O–H groups in total. The lowest BCUT2D eigenvalue weighted by atomic mass is 9.79. The zero-order chi connectivity index (χ0) is 19.1. The molecule has 1 aromatic rings. The van der Waals surface area contributed by atoms with Crippen LogP contribution < -0.4 is 5.32 Å². The van der Waals surface area contributed by atoms with Gasteiger partial charge in [0.1, 0.15) is 5.82 Å². The van der Waals surface area contributed by atoms with Crippen molar-refractivity contribution in [3.8, 4) is 0 Å². The third-order valence-electron chi connectivity index (χ3n) is 5.80. The zero-order valence-electron chi connectivity index (χ0n) is 15.7. The van der Waals surface area contributed by atoms with Gasteiger partial charge in [-0.1, -0.05) is 0 Å². The molecular weight excluding hydrogens is 359 g/mol. The van der Waals surface area contributed by atoms with E-state index < -0.39 is 28.3 Å². The maximum Gasteiger partial charge on any atom is 0.161 e. The topological polar surface area (TPSA) is 29.1 Å². The maximum absolute atomic E-state index is 14.2. The number of rotatable bonds is 5. The molecule has 6 heteroatoms. The molecule has 2 heterocycles. The fourth-order valence-electron chi connectivity index (χ4n) is 4.29. The van der Waals surface area contributed by atoms with Crippen LogP contribution >= 0.6 is 0 Å². The summed E-state index contributed by atoms with van der Waals surface area (Å²) in [7, 11) is -1.07. The van der Waals surface area contributed by atoms with Gasteiger partial charge in [-0.2, -0.15) is 0 Å². The first-order valence-corrected chi connectivity index (χ1v) is 10.7. The molecule has 2 fully saturated rings. The van der Waals surface area contributed by atoms with Gasteiger partial charge in [-0.05, 0) is 76.3 Å². The van der Waals surface area contributed by atoms with E-state index in [1.807, 2.05) is 20.8 Å². The summed E-state index contributed by atoms with van der Waals surface area (Å²) in [5.74, 6) is -2.12.